The quantitative estimate of drug-likeness (QED) is 0.630. The van der Waals surface area contributed by atoms with Gasteiger partial charge in [0.25, 0.3) is 5.91 Å². The minimum atomic E-state index is -0.572. The van der Waals surface area contributed by atoms with E-state index >= 15 is 0 Å². The third kappa shape index (κ3) is 4.36. The number of nitrogens with one attached hydrogen (secondary N) is 1. The number of furan rings is 1. The van der Waals surface area contributed by atoms with Crippen LogP contribution < -0.4 is 11.1 Å². The van der Waals surface area contributed by atoms with Crippen LogP contribution in [0.5, 0.6) is 0 Å². The van der Waals surface area contributed by atoms with Crippen LogP contribution in [0.25, 0.3) is 0 Å². The highest BCUT2D eigenvalue weighted by atomic mass is 32.1. The van der Waals surface area contributed by atoms with Gasteiger partial charge in [-0.2, -0.15) is 11.3 Å². The number of carbonyl (C=O) groups excluding carboxylic acids is 1. The van der Waals surface area contributed by atoms with Gasteiger partial charge in [0.05, 0.1) is 0 Å². The van der Waals surface area contributed by atoms with E-state index in [1.165, 1.54) is 5.56 Å². The maximum Gasteiger partial charge on any atom is 0.284 e. The molecule has 2 aromatic heterocycles. The van der Waals surface area contributed by atoms with Crippen molar-refractivity contribution in [3.05, 3.63) is 46.0 Å². The number of nitrogens with two attached hydrogens (primary N) is 1. The monoisotopic (exact) mass is 320 g/mol. The summed E-state index contributed by atoms with van der Waals surface area (Å²) in [6.07, 6.45) is 0. The third-order valence-electron chi connectivity index (χ3n) is 2.99. The van der Waals surface area contributed by atoms with Gasteiger partial charge in [0, 0.05) is 20.1 Å². The van der Waals surface area contributed by atoms with Crippen molar-refractivity contribution >= 4 is 23.2 Å². The predicted molar refractivity (Wildman–Crippen MR) is 87.8 cm³/mol. The Morgan fingerprint density at radius 2 is 2.27 bits per heavy atom. The van der Waals surface area contributed by atoms with Gasteiger partial charge >= 0.3 is 0 Å². The van der Waals surface area contributed by atoms with Crippen molar-refractivity contribution in [3.63, 3.8) is 0 Å². The number of amides is 1. The van der Waals surface area contributed by atoms with Crippen LogP contribution in [-0.4, -0.2) is 30.4 Å². The van der Waals surface area contributed by atoms with Crippen molar-refractivity contribution in [1.29, 1.82) is 0 Å². The maximum absolute atomic E-state index is 11.0. The molecular formula is C15H20N4O2S. The first-order valence-electron chi connectivity index (χ1n) is 6.99. The number of thiophene rings is 1. The van der Waals surface area contributed by atoms with Crippen molar-refractivity contribution in [3.8, 4) is 0 Å². The third-order valence-corrected chi connectivity index (χ3v) is 3.72. The van der Waals surface area contributed by atoms with Crippen LogP contribution in [0.4, 0.5) is 0 Å². The normalized spacial score (nSPS) is 11.5. The molecule has 2 heterocycles. The lowest BCUT2D eigenvalue weighted by molar-refractivity contribution is 0.0972. The fourth-order valence-electron chi connectivity index (χ4n) is 1.95. The summed E-state index contributed by atoms with van der Waals surface area (Å²) in [4.78, 5) is 17.6. The first-order valence-corrected chi connectivity index (χ1v) is 7.93. The lowest BCUT2D eigenvalue weighted by Crippen LogP contribution is -2.38. The van der Waals surface area contributed by atoms with E-state index in [0.717, 1.165) is 19.0 Å². The summed E-state index contributed by atoms with van der Waals surface area (Å²) in [7, 11) is 1.98. The Kier molecular flexibility index (Phi) is 5.60. The number of guanidine groups is 1. The van der Waals surface area contributed by atoms with Crippen LogP contribution >= 0.6 is 11.3 Å². The van der Waals surface area contributed by atoms with Crippen LogP contribution in [0, 0.1) is 0 Å². The highest BCUT2D eigenvalue weighted by Crippen LogP contribution is 2.10. The van der Waals surface area contributed by atoms with Crippen molar-refractivity contribution in [1.82, 2.24) is 10.2 Å². The summed E-state index contributed by atoms with van der Waals surface area (Å²) < 4.78 is 5.33. The number of nitrogens with zero attached hydrogens (tertiary/aromatic N) is 2. The molecule has 0 saturated carbocycles. The molecule has 0 aliphatic rings. The molecule has 22 heavy (non-hydrogen) atoms. The molecule has 2 rings (SSSR count). The van der Waals surface area contributed by atoms with Crippen LogP contribution in [-0.2, 0) is 13.1 Å². The minimum Gasteiger partial charge on any atom is -0.454 e. The molecule has 0 bridgehead atoms. The van der Waals surface area contributed by atoms with Gasteiger partial charge in [-0.05, 0) is 41.4 Å². The summed E-state index contributed by atoms with van der Waals surface area (Å²) in [6, 6.07) is 5.37. The highest BCUT2D eigenvalue weighted by Gasteiger charge is 2.09. The molecule has 0 radical (unpaired) electrons. The van der Waals surface area contributed by atoms with Gasteiger partial charge in [0.2, 0.25) is 0 Å². The van der Waals surface area contributed by atoms with E-state index in [-0.39, 0.29) is 5.76 Å². The van der Waals surface area contributed by atoms with Gasteiger partial charge < -0.3 is 20.4 Å². The Morgan fingerprint density at radius 1 is 1.45 bits per heavy atom. The van der Waals surface area contributed by atoms with Gasteiger partial charge in [-0.1, -0.05) is 0 Å². The van der Waals surface area contributed by atoms with Crippen LogP contribution in [0.2, 0.25) is 0 Å². The van der Waals surface area contributed by atoms with E-state index in [4.69, 9.17) is 10.2 Å². The molecule has 6 nitrogen and oxygen atoms in total. The van der Waals surface area contributed by atoms with Crippen LogP contribution in [0.15, 0.2) is 38.4 Å². The Balaban J connectivity index is 2.03. The summed E-state index contributed by atoms with van der Waals surface area (Å²) in [5.41, 5.74) is 6.41. The van der Waals surface area contributed by atoms with Crippen molar-refractivity contribution in [2.24, 2.45) is 10.7 Å². The van der Waals surface area contributed by atoms with Gasteiger partial charge in [0.1, 0.15) is 12.3 Å². The molecule has 1 amide bonds. The highest BCUT2D eigenvalue weighted by molar-refractivity contribution is 7.07. The van der Waals surface area contributed by atoms with E-state index < -0.39 is 5.91 Å². The standard InChI is InChI=1S/C15H20N4O2S/c1-3-17-15(19(2)9-11-6-7-22-10-11)18-8-12-4-5-13(21-12)14(16)20/h4-7,10H,3,8-9H2,1-2H3,(H2,16,20)(H,17,18). The SMILES string of the molecule is CCNC(=NCc1ccc(C(N)=O)o1)N(C)Cc1ccsc1. The van der Waals surface area contributed by atoms with Gasteiger partial charge in [-0.3, -0.25) is 4.79 Å². The van der Waals surface area contributed by atoms with Gasteiger partial charge in [-0.15, -0.1) is 0 Å². The summed E-state index contributed by atoms with van der Waals surface area (Å²) in [5, 5.41) is 7.41. The molecule has 118 valence electrons. The molecule has 2 aromatic rings. The number of primary amides is 1. The smallest absolute Gasteiger partial charge is 0.284 e. The molecule has 0 spiro atoms. The van der Waals surface area contributed by atoms with Crippen molar-refractivity contribution in [2.45, 2.75) is 20.0 Å². The van der Waals surface area contributed by atoms with Crippen molar-refractivity contribution < 1.29 is 9.21 Å². The predicted octanol–water partition coefficient (Wildman–Crippen LogP) is 2.04. The van der Waals surface area contributed by atoms with E-state index in [9.17, 15) is 4.79 Å². The van der Waals surface area contributed by atoms with E-state index in [0.29, 0.717) is 12.3 Å². The Morgan fingerprint density at radius 3 is 2.86 bits per heavy atom. The first-order chi connectivity index (χ1) is 10.6. The fourth-order valence-corrected chi connectivity index (χ4v) is 2.61. The molecule has 0 aliphatic carbocycles. The summed E-state index contributed by atoms with van der Waals surface area (Å²) in [6.45, 7) is 3.92. The molecule has 0 fully saturated rings. The second-order valence-electron chi connectivity index (χ2n) is 4.79. The topological polar surface area (TPSA) is 83.9 Å². The number of rotatable bonds is 6. The second-order valence-corrected chi connectivity index (χ2v) is 5.57. The number of hydrogen-bond acceptors (Lipinski definition) is 4. The average molecular weight is 320 g/mol. The Bertz CT molecular complexity index is 634. The molecule has 3 N–H and O–H groups in total. The second kappa shape index (κ2) is 7.65. The van der Waals surface area contributed by atoms with Gasteiger partial charge in [-0.25, -0.2) is 4.99 Å². The molecule has 7 heteroatoms. The number of carbonyl (C=O) groups is 1. The molecule has 0 aliphatic heterocycles. The number of aliphatic imine (C=N–C) groups is 1. The summed E-state index contributed by atoms with van der Waals surface area (Å²) in [5.74, 6) is 0.970. The first kappa shape index (κ1) is 16.1. The van der Waals surface area contributed by atoms with E-state index in [2.05, 4.69) is 27.1 Å². The zero-order valence-corrected chi connectivity index (χ0v) is 13.5. The largest absolute Gasteiger partial charge is 0.454 e. The zero-order chi connectivity index (χ0) is 15.9. The maximum atomic E-state index is 11.0. The lowest BCUT2D eigenvalue weighted by atomic mass is 10.3. The van der Waals surface area contributed by atoms with E-state index in [1.807, 2.05) is 18.9 Å². The van der Waals surface area contributed by atoms with Gasteiger partial charge in [0.15, 0.2) is 11.7 Å². The lowest BCUT2D eigenvalue weighted by Gasteiger charge is -2.21. The fraction of sp³-hybridized carbons (Fsp3) is 0.333. The van der Waals surface area contributed by atoms with Crippen molar-refractivity contribution in [2.75, 3.05) is 13.6 Å². The number of hydrogen-bond donors (Lipinski definition) is 2. The Labute approximate surface area is 133 Å². The minimum absolute atomic E-state index is 0.154. The average Bonchev–Trinajstić information content (AvgIpc) is 3.14. The Hall–Kier alpha value is -2.28. The molecule has 0 unspecified atom stereocenters. The van der Waals surface area contributed by atoms with Crippen LogP contribution in [0.1, 0.15) is 28.8 Å². The molecule has 0 aromatic carbocycles. The van der Waals surface area contributed by atoms with Crippen LogP contribution in [0.3, 0.4) is 0 Å². The summed E-state index contributed by atoms with van der Waals surface area (Å²) >= 11 is 1.68. The van der Waals surface area contributed by atoms with E-state index in [1.54, 1.807) is 23.5 Å². The molecule has 0 saturated heterocycles. The molecular weight excluding hydrogens is 300 g/mol. The zero-order valence-electron chi connectivity index (χ0n) is 12.7. The molecule has 0 atom stereocenters.